The summed E-state index contributed by atoms with van der Waals surface area (Å²) in [5.41, 5.74) is 2.63. The van der Waals surface area contributed by atoms with Crippen LogP contribution in [0.4, 0.5) is 16.4 Å². The first-order valence-electron chi connectivity index (χ1n) is 13.4. The fraction of sp³-hybridized carbons (Fsp3) is 0.188. The highest BCUT2D eigenvalue weighted by Crippen LogP contribution is 2.35. The largest absolute Gasteiger partial charge is 0.462 e. The lowest BCUT2D eigenvalue weighted by Gasteiger charge is -2.13. The number of thiophene rings is 1. The topological polar surface area (TPSA) is 114 Å². The molecule has 3 aromatic carbocycles. The minimum absolute atomic E-state index is 0.145. The average molecular weight is 636 g/mol. The molecule has 0 fully saturated rings. The quantitative estimate of drug-likeness (QED) is 0.117. The second-order valence-corrected chi connectivity index (χ2v) is 12.3. The minimum atomic E-state index is -0.618. The molecule has 8 nitrogen and oxygen atoms in total. The number of thioether (sulfide) groups is 1. The SMILES string of the molecule is CCOC(=O)c1c(NC(=O)C(C)Sc2cccc(NC(=O)Cc3ccc(Cl)cc3)c2)sc(C(=O)Nc2ccccc2)c1C. The van der Waals surface area contributed by atoms with E-state index in [1.807, 2.05) is 12.1 Å². The molecule has 3 N–H and O–H groups in total. The number of para-hydroxylation sites is 1. The van der Waals surface area contributed by atoms with Crippen LogP contribution in [0.1, 0.15) is 45.0 Å². The number of anilines is 3. The molecule has 1 heterocycles. The van der Waals surface area contributed by atoms with E-state index in [1.54, 1.807) is 87.5 Å². The van der Waals surface area contributed by atoms with E-state index >= 15 is 0 Å². The Balaban J connectivity index is 1.44. The number of amides is 3. The summed E-state index contributed by atoms with van der Waals surface area (Å²) >= 11 is 8.23. The summed E-state index contributed by atoms with van der Waals surface area (Å²) < 4.78 is 5.23. The lowest BCUT2D eigenvalue weighted by molar-refractivity contribution is -0.116. The Morgan fingerprint density at radius 1 is 0.907 bits per heavy atom. The Bertz CT molecular complexity index is 1620. The van der Waals surface area contributed by atoms with Gasteiger partial charge in [0.25, 0.3) is 5.91 Å². The molecular weight excluding hydrogens is 606 g/mol. The summed E-state index contributed by atoms with van der Waals surface area (Å²) in [6.45, 7) is 5.22. The predicted octanol–water partition coefficient (Wildman–Crippen LogP) is 7.44. The highest BCUT2D eigenvalue weighted by atomic mass is 35.5. The summed E-state index contributed by atoms with van der Waals surface area (Å²) in [5.74, 6) is -1.55. The highest BCUT2D eigenvalue weighted by Gasteiger charge is 2.28. The van der Waals surface area contributed by atoms with Gasteiger partial charge in [-0.3, -0.25) is 14.4 Å². The number of benzene rings is 3. The van der Waals surface area contributed by atoms with Crippen LogP contribution >= 0.6 is 34.7 Å². The van der Waals surface area contributed by atoms with E-state index in [4.69, 9.17) is 16.3 Å². The molecule has 222 valence electrons. The monoisotopic (exact) mass is 635 g/mol. The maximum atomic E-state index is 13.3. The van der Waals surface area contributed by atoms with E-state index in [0.717, 1.165) is 21.8 Å². The smallest absolute Gasteiger partial charge is 0.341 e. The molecule has 0 aliphatic carbocycles. The van der Waals surface area contributed by atoms with Crippen LogP contribution < -0.4 is 16.0 Å². The molecule has 0 aliphatic rings. The standard InChI is InChI=1S/C32H30ClN3O5S2/c1-4-41-32(40)27-19(2)28(30(39)35-23-9-6-5-7-10-23)43-31(27)36-29(38)20(3)42-25-12-8-11-24(18-25)34-26(37)17-21-13-15-22(33)16-14-21/h5-16,18,20H,4,17H2,1-3H3,(H,34,37)(H,35,39)(H,36,38). The number of ether oxygens (including phenoxy) is 1. The molecule has 0 saturated carbocycles. The number of halogens is 1. The van der Waals surface area contributed by atoms with Crippen LogP contribution in [0.3, 0.4) is 0 Å². The third-order valence-electron chi connectivity index (χ3n) is 6.18. The molecular formula is C32H30ClN3O5S2. The molecule has 0 aliphatic heterocycles. The molecule has 3 amide bonds. The van der Waals surface area contributed by atoms with Crippen molar-refractivity contribution in [2.45, 2.75) is 37.3 Å². The first-order valence-corrected chi connectivity index (χ1v) is 15.5. The summed E-state index contributed by atoms with van der Waals surface area (Å²) in [5, 5.41) is 8.81. The first kappa shape index (κ1) is 31.8. The van der Waals surface area contributed by atoms with E-state index in [9.17, 15) is 19.2 Å². The fourth-order valence-corrected chi connectivity index (χ4v) is 6.23. The van der Waals surface area contributed by atoms with E-state index < -0.39 is 17.1 Å². The van der Waals surface area contributed by atoms with Crippen molar-refractivity contribution < 1.29 is 23.9 Å². The van der Waals surface area contributed by atoms with Crippen molar-refractivity contribution in [1.29, 1.82) is 0 Å². The number of hydrogen-bond donors (Lipinski definition) is 3. The zero-order valence-electron chi connectivity index (χ0n) is 23.7. The predicted molar refractivity (Wildman–Crippen MR) is 174 cm³/mol. The van der Waals surface area contributed by atoms with Gasteiger partial charge in [0.15, 0.2) is 0 Å². The number of carbonyl (C=O) groups excluding carboxylic acids is 4. The number of hydrogen-bond acceptors (Lipinski definition) is 7. The zero-order valence-corrected chi connectivity index (χ0v) is 26.1. The van der Waals surface area contributed by atoms with Gasteiger partial charge in [0, 0.05) is 21.3 Å². The minimum Gasteiger partial charge on any atom is -0.462 e. The fourth-order valence-electron chi connectivity index (χ4n) is 4.09. The van der Waals surface area contributed by atoms with Crippen molar-refractivity contribution in [3.8, 4) is 0 Å². The van der Waals surface area contributed by atoms with Crippen LogP contribution in [-0.4, -0.2) is 35.5 Å². The van der Waals surface area contributed by atoms with Crippen molar-refractivity contribution in [3.05, 3.63) is 105 Å². The lowest BCUT2D eigenvalue weighted by atomic mass is 10.1. The Morgan fingerprint density at radius 3 is 2.30 bits per heavy atom. The number of esters is 1. The van der Waals surface area contributed by atoms with Crippen LogP contribution in [0, 0.1) is 6.92 Å². The molecule has 43 heavy (non-hydrogen) atoms. The Hall–Kier alpha value is -4.12. The van der Waals surface area contributed by atoms with Crippen molar-refractivity contribution >= 4 is 74.8 Å². The number of nitrogens with one attached hydrogen (secondary N) is 3. The van der Waals surface area contributed by atoms with E-state index in [1.165, 1.54) is 11.8 Å². The van der Waals surface area contributed by atoms with Crippen LogP contribution in [0.5, 0.6) is 0 Å². The summed E-state index contributed by atoms with van der Waals surface area (Å²) in [6.07, 6.45) is 0.196. The number of rotatable bonds is 11. The first-order chi connectivity index (χ1) is 20.6. The van der Waals surface area contributed by atoms with E-state index in [0.29, 0.717) is 26.8 Å². The molecule has 11 heteroatoms. The molecule has 0 radical (unpaired) electrons. The molecule has 4 rings (SSSR count). The Labute approximate surface area is 263 Å². The van der Waals surface area contributed by atoms with Crippen LogP contribution in [0.15, 0.2) is 83.8 Å². The molecule has 0 saturated heterocycles. The van der Waals surface area contributed by atoms with Crippen molar-refractivity contribution in [2.75, 3.05) is 22.6 Å². The maximum Gasteiger partial charge on any atom is 0.341 e. The van der Waals surface area contributed by atoms with Gasteiger partial charge in [-0.1, -0.05) is 48.0 Å². The second-order valence-electron chi connectivity index (χ2n) is 9.43. The van der Waals surface area contributed by atoms with Crippen LogP contribution in [-0.2, 0) is 20.7 Å². The summed E-state index contributed by atoms with van der Waals surface area (Å²) in [4.78, 5) is 52.8. The van der Waals surface area contributed by atoms with Crippen LogP contribution in [0.2, 0.25) is 5.02 Å². The molecule has 1 unspecified atom stereocenters. The van der Waals surface area contributed by atoms with Crippen molar-refractivity contribution in [2.24, 2.45) is 0 Å². The van der Waals surface area contributed by atoms with Gasteiger partial charge in [-0.2, -0.15) is 0 Å². The van der Waals surface area contributed by atoms with Gasteiger partial charge in [0.1, 0.15) is 5.00 Å². The van der Waals surface area contributed by atoms with Gasteiger partial charge in [0.2, 0.25) is 11.8 Å². The van der Waals surface area contributed by atoms with Gasteiger partial charge < -0.3 is 20.7 Å². The third-order valence-corrected chi connectivity index (χ3v) is 8.73. The van der Waals surface area contributed by atoms with Crippen molar-refractivity contribution in [3.63, 3.8) is 0 Å². The molecule has 4 aromatic rings. The number of carbonyl (C=O) groups is 4. The molecule has 1 aromatic heterocycles. The lowest BCUT2D eigenvalue weighted by Crippen LogP contribution is -2.23. The van der Waals surface area contributed by atoms with Crippen LogP contribution in [0.25, 0.3) is 0 Å². The average Bonchev–Trinajstić information content (AvgIpc) is 3.30. The van der Waals surface area contributed by atoms with Gasteiger partial charge in [-0.25, -0.2) is 4.79 Å². The van der Waals surface area contributed by atoms with Gasteiger partial charge >= 0.3 is 5.97 Å². The van der Waals surface area contributed by atoms with E-state index in [-0.39, 0.29) is 35.4 Å². The van der Waals surface area contributed by atoms with E-state index in [2.05, 4.69) is 16.0 Å². The zero-order chi connectivity index (χ0) is 30.9. The Kier molecular flexibility index (Phi) is 11.0. The van der Waals surface area contributed by atoms with Gasteiger partial charge in [-0.05, 0) is 74.4 Å². The Morgan fingerprint density at radius 2 is 1.60 bits per heavy atom. The second kappa shape index (κ2) is 14.9. The van der Waals surface area contributed by atoms with Gasteiger partial charge in [0.05, 0.1) is 28.7 Å². The normalized spacial score (nSPS) is 11.3. The van der Waals surface area contributed by atoms with Crippen molar-refractivity contribution in [1.82, 2.24) is 0 Å². The maximum absolute atomic E-state index is 13.3. The van der Waals surface area contributed by atoms with Gasteiger partial charge in [-0.15, -0.1) is 23.1 Å². The highest BCUT2D eigenvalue weighted by molar-refractivity contribution is 8.00. The molecule has 0 spiro atoms. The summed E-state index contributed by atoms with van der Waals surface area (Å²) in [7, 11) is 0. The molecule has 1 atom stereocenters. The third kappa shape index (κ3) is 8.70. The summed E-state index contributed by atoms with van der Waals surface area (Å²) in [6, 6.07) is 23.2. The molecule has 0 bridgehead atoms.